The summed E-state index contributed by atoms with van der Waals surface area (Å²) in [5.74, 6) is -0.115. The van der Waals surface area contributed by atoms with E-state index >= 15 is 0 Å². The largest absolute Gasteiger partial charge is 0.497 e. The van der Waals surface area contributed by atoms with Crippen LogP contribution in [0.5, 0.6) is 5.75 Å². The molecule has 0 unspecified atom stereocenters. The fourth-order valence-corrected chi connectivity index (χ4v) is 3.45. The van der Waals surface area contributed by atoms with Crippen LogP contribution in [0.4, 0.5) is 5.69 Å². The molecular formula is C18H25NO6. The molecule has 7 heteroatoms. The van der Waals surface area contributed by atoms with Crippen molar-refractivity contribution in [3.8, 4) is 5.75 Å². The van der Waals surface area contributed by atoms with Crippen LogP contribution in [-0.4, -0.2) is 64.5 Å². The van der Waals surface area contributed by atoms with Gasteiger partial charge in [0.05, 0.1) is 32.8 Å². The Morgan fingerprint density at radius 2 is 1.64 bits per heavy atom. The summed E-state index contributed by atoms with van der Waals surface area (Å²) in [6.07, 6.45) is -0.0891. The van der Waals surface area contributed by atoms with Gasteiger partial charge in [0, 0.05) is 19.9 Å². The number of ether oxygens (including phenoxy) is 5. The van der Waals surface area contributed by atoms with Crippen LogP contribution in [0.25, 0.3) is 0 Å². The number of methoxy groups -OCH3 is 3. The number of hydrogen-bond donors (Lipinski definition) is 0. The SMILES string of the molecule is COC[C@@H]1OC(C)([C@H]2CC(=O)N2c2ccc(OC)cc2)O[C@H]1COC. The number of rotatable bonds is 7. The smallest absolute Gasteiger partial charge is 0.229 e. The number of hydrogen-bond acceptors (Lipinski definition) is 6. The third-order valence-electron chi connectivity index (χ3n) is 4.75. The number of amides is 1. The van der Waals surface area contributed by atoms with Gasteiger partial charge in [-0.15, -0.1) is 0 Å². The summed E-state index contributed by atoms with van der Waals surface area (Å²) in [5, 5.41) is 0. The second-order valence-corrected chi connectivity index (χ2v) is 6.42. The van der Waals surface area contributed by atoms with Crippen molar-refractivity contribution in [3.63, 3.8) is 0 Å². The first-order valence-electron chi connectivity index (χ1n) is 8.32. The van der Waals surface area contributed by atoms with Crippen molar-refractivity contribution >= 4 is 11.6 Å². The Kier molecular flexibility index (Phi) is 5.29. The molecule has 25 heavy (non-hydrogen) atoms. The quantitative estimate of drug-likeness (QED) is 0.695. The minimum atomic E-state index is -0.903. The number of nitrogens with zero attached hydrogens (tertiary/aromatic N) is 1. The van der Waals surface area contributed by atoms with Gasteiger partial charge in [0.25, 0.3) is 0 Å². The molecule has 1 aromatic carbocycles. The van der Waals surface area contributed by atoms with E-state index in [1.807, 2.05) is 31.2 Å². The molecule has 1 amide bonds. The van der Waals surface area contributed by atoms with E-state index in [4.69, 9.17) is 23.7 Å². The molecule has 138 valence electrons. The molecule has 7 nitrogen and oxygen atoms in total. The topological polar surface area (TPSA) is 66.5 Å². The summed E-state index contributed by atoms with van der Waals surface area (Å²) in [5.41, 5.74) is 0.800. The molecule has 0 bridgehead atoms. The van der Waals surface area contributed by atoms with Gasteiger partial charge in [0.2, 0.25) is 5.91 Å². The Labute approximate surface area is 147 Å². The van der Waals surface area contributed by atoms with Gasteiger partial charge in [-0.3, -0.25) is 4.79 Å². The molecule has 3 rings (SSSR count). The number of benzene rings is 1. The van der Waals surface area contributed by atoms with Gasteiger partial charge < -0.3 is 28.6 Å². The summed E-state index contributed by atoms with van der Waals surface area (Å²) < 4.78 is 28.0. The molecule has 2 aliphatic heterocycles. The lowest BCUT2D eigenvalue weighted by Gasteiger charge is -2.47. The highest BCUT2D eigenvalue weighted by atomic mass is 16.8. The predicted octanol–water partition coefficient (Wildman–Crippen LogP) is 1.59. The van der Waals surface area contributed by atoms with E-state index < -0.39 is 5.79 Å². The summed E-state index contributed by atoms with van der Waals surface area (Å²) >= 11 is 0. The highest BCUT2D eigenvalue weighted by Crippen LogP contribution is 2.42. The lowest BCUT2D eigenvalue weighted by atomic mass is 9.93. The molecule has 2 heterocycles. The maximum absolute atomic E-state index is 12.2. The second-order valence-electron chi connectivity index (χ2n) is 6.42. The highest BCUT2D eigenvalue weighted by Gasteiger charge is 2.57. The van der Waals surface area contributed by atoms with E-state index in [0.29, 0.717) is 19.6 Å². The lowest BCUT2D eigenvalue weighted by molar-refractivity contribution is -0.194. The van der Waals surface area contributed by atoms with Gasteiger partial charge in [-0.2, -0.15) is 0 Å². The monoisotopic (exact) mass is 351 g/mol. The minimum Gasteiger partial charge on any atom is -0.497 e. The standard InChI is InChI=1S/C18H25NO6/c1-18(24-14(10-21-2)15(25-18)11-22-3)16-9-17(20)19(16)12-5-7-13(23-4)8-6-12/h5-8,14-16H,9-11H2,1-4H3/t14-,15-,16+/m0/s1. The Bertz CT molecular complexity index is 590. The minimum absolute atomic E-state index is 0.0436. The molecule has 0 saturated carbocycles. The molecule has 2 aliphatic rings. The van der Waals surface area contributed by atoms with Gasteiger partial charge in [-0.05, 0) is 31.2 Å². The van der Waals surface area contributed by atoms with Gasteiger partial charge >= 0.3 is 0 Å². The van der Waals surface area contributed by atoms with Crippen molar-refractivity contribution < 1.29 is 28.5 Å². The van der Waals surface area contributed by atoms with E-state index in [1.165, 1.54) is 0 Å². The molecule has 0 spiro atoms. The van der Waals surface area contributed by atoms with E-state index in [2.05, 4.69) is 0 Å². The summed E-state index contributed by atoms with van der Waals surface area (Å²) in [4.78, 5) is 14.0. The zero-order valence-corrected chi connectivity index (χ0v) is 15.1. The molecule has 0 aromatic heterocycles. The summed E-state index contributed by atoms with van der Waals surface area (Å²) in [6, 6.07) is 7.19. The fourth-order valence-electron chi connectivity index (χ4n) is 3.45. The van der Waals surface area contributed by atoms with Crippen molar-refractivity contribution in [2.75, 3.05) is 39.4 Å². The van der Waals surface area contributed by atoms with E-state index in [0.717, 1.165) is 11.4 Å². The molecule has 0 radical (unpaired) electrons. The number of β-lactam (4-membered cyclic amide) rings is 1. The number of anilines is 1. The van der Waals surface area contributed by atoms with Crippen molar-refractivity contribution in [3.05, 3.63) is 24.3 Å². The van der Waals surface area contributed by atoms with Gasteiger partial charge in [0.1, 0.15) is 18.0 Å². The van der Waals surface area contributed by atoms with Crippen molar-refractivity contribution in [1.29, 1.82) is 0 Å². The van der Waals surface area contributed by atoms with Crippen LogP contribution < -0.4 is 9.64 Å². The Morgan fingerprint density at radius 3 is 2.08 bits per heavy atom. The van der Waals surface area contributed by atoms with Crippen LogP contribution in [0, 0.1) is 0 Å². The molecule has 2 saturated heterocycles. The maximum Gasteiger partial charge on any atom is 0.229 e. The van der Waals surface area contributed by atoms with Crippen LogP contribution >= 0.6 is 0 Å². The normalized spacial score (nSPS) is 28.1. The molecule has 3 atom stereocenters. The third-order valence-corrected chi connectivity index (χ3v) is 4.75. The number of carbonyl (C=O) groups excluding carboxylic acids is 1. The molecule has 2 fully saturated rings. The third kappa shape index (κ3) is 3.37. The Balaban J connectivity index is 1.78. The van der Waals surface area contributed by atoms with Gasteiger partial charge in [-0.25, -0.2) is 0 Å². The van der Waals surface area contributed by atoms with Crippen molar-refractivity contribution in [2.24, 2.45) is 0 Å². The maximum atomic E-state index is 12.2. The molecular weight excluding hydrogens is 326 g/mol. The van der Waals surface area contributed by atoms with E-state index in [9.17, 15) is 4.79 Å². The van der Waals surface area contributed by atoms with E-state index in [-0.39, 0.29) is 24.2 Å². The zero-order chi connectivity index (χ0) is 18.0. The first kappa shape index (κ1) is 18.1. The molecule has 1 aromatic rings. The average molecular weight is 351 g/mol. The van der Waals surface area contributed by atoms with Crippen LogP contribution in [0.2, 0.25) is 0 Å². The summed E-state index contributed by atoms with van der Waals surface area (Å²) in [6.45, 7) is 2.69. The van der Waals surface area contributed by atoms with Crippen molar-refractivity contribution in [1.82, 2.24) is 0 Å². The van der Waals surface area contributed by atoms with Crippen LogP contribution in [-0.2, 0) is 23.7 Å². The second kappa shape index (κ2) is 7.29. The number of carbonyl (C=O) groups is 1. The highest BCUT2D eigenvalue weighted by molar-refractivity contribution is 6.01. The lowest BCUT2D eigenvalue weighted by Crippen LogP contribution is -2.64. The average Bonchev–Trinajstić information content (AvgIpc) is 2.90. The Morgan fingerprint density at radius 1 is 1.08 bits per heavy atom. The first-order valence-corrected chi connectivity index (χ1v) is 8.32. The van der Waals surface area contributed by atoms with Gasteiger partial charge in [-0.1, -0.05) is 0 Å². The molecule has 0 aliphatic carbocycles. The van der Waals surface area contributed by atoms with Gasteiger partial charge in [0.15, 0.2) is 5.79 Å². The van der Waals surface area contributed by atoms with Crippen molar-refractivity contribution in [2.45, 2.75) is 37.4 Å². The molecule has 0 N–H and O–H groups in total. The zero-order valence-electron chi connectivity index (χ0n) is 15.1. The first-order chi connectivity index (χ1) is 12.0. The van der Waals surface area contributed by atoms with Crippen LogP contribution in [0.3, 0.4) is 0 Å². The summed E-state index contributed by atoms with van der Waals surface area (Å²) in [7, 11) is 4.86. The fraction of sp³-hybridized carbons (Fsp3) is 0.611. The Hall–Kier alpha value is -1.67. The van der Waals surface area contributed by atoms with E-state index in [1.54, 1.807) is 26.2 Å². The predicted molar refractivity (Wildman–Crippen MR) is 90.8 cm³/mol. The van der Waals surface area contributed by atoms with Crippen LogP contribution in [0.1, 0.15) is 13.3 Å². The van der Waals surface area contributed by atoms with Crippen LogP contribution in [0.15, 0.2) is 24.3 Å².